The van der Waals surface area contributed by atoms with E-state index in [-0.39, 0.29) is 12.5 Å². The highest BCUT2D eigenvalue weighted by Gasteiger charge is 2.51. The van der Waals surface area contributed by atoms with E-state index in [0.29, 0.717) is 5.56 Å². The molecule has 6 amide bonds. The van der Waals surface area contributed by atoms with Crippen LogP contribution in [-0.4, -0.2) is 41.4 Å². The fraction of sp³-hybridized carbons (Fsp3) is 0.474. The summed E-state index contributed by atoms with van der Waals surface area (Å²) in [4.78, 5) is 50.1. The number of nitrogens with zero attached hydrogens (tertiary/aromatic N) is 1. The number of hydrogen-bond acceptors (Lipinski definition) is 4. The fourth-order valence-corrected chi connectivity index (χ4v) is 3.74. The van der Waals surface area contributed by atoms with Crippen molar-refractivity contribution in [1.82, 2.24) is 20.9 Å². The highest BCUT2D eigenvalue weighted by atomic mass is 19.1. The molecule has 1 aliphatic heterocycles. The van der Waals surface area contributed by atoms with Crippen LogP contribution >= 0.6 is 0 Å². The number of carbonyl (C=O) groups is 4. The molecular weight excluding hydrogens is 367 g/mol. The van der Waals surface area contributed by atoms with E-state index >= 15 is 0 Å². The Labute approximate surface area is 161 Å². The summed E-state index contributed by atoms with van der Waals surface area (Å²) in [7, 11) is 0. The van der Waals surface area contributed by atoms with Gasteiger partial charge in [0.15, 0.2) is 0 Å². The molecule has 0 unspecified atom stereocenters. The molecule has 2 aliphatic rings. The molecule has 1 atom stereocenters. The Balaban J connectivity index is 1.66. The number of hydrogen-bond donors (Lipinski definition) is 3. The molecule has 1 saturated carbocycles. The number of carbonyl (C=O) groups excluding carboxylic acids is 4. The van der Waals surface area contributed by atoms with Gasteiger partial charge in [0, 0.05) is 6.04 Å². The van der Waals surface area contributed by atoms with Gasteiger partial charge in [0.05, 0.1) is 0 Å². The van der Waals surface area contributed by atoms with Crippen molar-refractivity contribution in [3.05, 3.63) is 35.6 Å². The second-order valence-corrected chi connectivity index (χ2v) is 7.09. The van der Waals surface area contributed by atoms with Crippen LogP contribution in [-0.2, 0) is 15.1 Å². The molecule has 8 nitrogen and oxygen atoms in total. The standard InChI is InChI=1S/C19H23FN4O4/c1-2-19(12-7-9-13(20)10-8-12)16(26)24(18(28)23-19)11-15(25)22-17(27)21-14-5-3-4-6-14/h7-10,14H,2-6,11H2,1H3,(H,23,28)(H2,21,22,25,27)/t19-/m1/s1. The summed E-state index contributed by atoms with van der Waals surface area (Å²) in [5.41, 5.74) is -0.936. The molecule has 150 valence electrons. The minimum Gasteiger partial charge on any atom is -0.335 e. The molecule has 2 fully saturated rings. The molecule has 1 saturated heterocycles. The van der Waals surface area contributed by atoms with Gasteiger partial charge in [0.25, 0.3) is 5.91 Å². The third kappa shape index (κ3) is 3.83. The topological polar surface area (TPSA) is 108 Å². The normalized spacial score (nSPS) is 22.3. The van der Waals surface area contributed by atoms with E-state index in [1.165, 1.54) is 24.3 Å². The Morgan fingerprint density at radius 2 is 1.86 bits per heavy atom. The summed E-state index contributed by atoms with van der Waals surface area (Å²) < 4.78 is 13.2. The lowest BCUT2D eigenvalue weighted by Crippen LogP contribution is -2.48. The van der Waals surface area contributed by atoms with Crippen molar-refractivity contribution in [2.24, 2.45) is 0 Å². The summed E-state index contributed by atoms with van der Waals surface area (Å²) in [5, 5.41) is 7.46. The number of amides is 6. The first-order chi connectivity index (χ1) is 13.4. The lowest BCUT2D eigenvalue weighted by atomic mass is 9.87. The number of nitrogens with one attached hydrogen (secondary N) is 3. The van der Waals surface area contributed by atoms with Crippen molar-refractivity contribution in [3.63, 3.8) is 0 Å². The molecule has 0 spiro atoms. The van der Waals surface area contributed by atoms with Crippen molar-refractivity contribution in [3.8, 4) is 0 Å². The molecule has 1 heterocycles. The van der Waals surface area contributed by atoms with E-state index in [4.69, 9.17) is 0 Å². The third-order valence-electron chi connectivity index (χ3n) is 5.29. The molecule has 9 heteroatoms. The van der Waals surface area contributed by atoms with Gasteiger partial charge in [-0.25, -0.2) is 14.0 Å². The van der Waals surface area contributed by atoms with Gasteiger partial charge < -0.3 is 10.6 Å². The van der Waals surface area contributed by atoms with Gasteiger partial charge in [-0.05, 0) is 37.0 Å². The van der Waals surface area contributed by atoms with E-state index in [1.54, 1.807) is 6.92 Å². The molecule has 0 radical (unpaired) electrons. The second kappa shape index (κ2) is 7.95. The maximum absolute atomic E-state index is 13.2. The number of imide groups is 2. The van der Waals surface area contributed by atoms with Crippen LogP contribution in [0.4, 0.5) is 14.0 Å². The first kappa shape index (κ1) is 19.8. The van der Waals surface area contributed by atoms with E-state index in [9.17, 15) is 23.6 Å². The van der Waals surface area contributed by atoms with Crippen molar-refractivity contribution >= 4 is 23.9 Å². The molecule has 0 aromatic heterocycles. The minimum atomic E-state index is -1.36. The van der Waals surface area contributed by atoms with Gasteiger partial charge in [0.1, 0.15) is 17.9 Å². The predicted octanol–water partition coefficient (Wildman–Crippen LogP) is 1.75. The number of rotatable bonds is 5. The average molecular weight is 390 g/mol. The van der Waals surface area contributed by atoms with Gasteiger partial charge in [-0.1, -0.05) is 31.9 Å². The summed E-state index contributed by atoms with van der Waals surface area (Å²) in [6.07, 6.45) is 4.02. The van der Waals surface area contributed by atoms with Crippen molar-refractivity contribution < 1.29 is 23.6 Å². The Morgan fingerprint density at radius 1 is 1.21 bits per heavy atom. The first-order valence-corrected chi connectivity index (χ1v) is 9.36. The lowest BCUT2D eigenvalue weighted by molar-refractivity contribution is -0.135. The SMILES string of the molecule is CC[C@]1(c2ccc(F)cc2)NC(=O)N(CC(=O)NC(=O)NC2CCCC2)C1=O. The van der Waals surface area contributed by atoms with E-state index in [0.717, 1.165) is 30.6 Å². The van der Waals surface area contributed by atoms with Crippen LogP contribution in [0.3, 0.4) is 0 Å². The molecule has 1 aromatic rings. The predicted molar refractivity (Wildman–Crippen MR) is 97.5 cm³/mol. The second-order valence-electron chi connectivity index (χ2n) is 7.09. The van der Waals surface area contributed by atoms with E-state index in [2.05, 4.69) is 16.0 Å². The quantitative estimate of drug-likeness (QED) is 0.666. The van der Waals surface area contributed by atoms with Gasteiger partial charge >= 0.3 is 12.1 Å². The molecular formula is C19H23FN4O4. The van der Waals surface area contributed by atoms with Crippen LogP contribution in [0, 0.1) is 5.82 Å². The summed E-state index contributed by atoms with van der Waals surface area (Å²) in [6, 6.07) is 3.93. The summed E-state index contributed by atoms with van der Waals surface area (Å²) in [6.45, 7) is 1.13. The number of urea groups is 2. The fourth-order valence-electron chi connectivity index (χ4n) is 3.74. The Morgan fingerprint density at radius 3 is 2.46 bits per heavy atom. The first-order valence-electron chi connectivity index (χ1n) is 9.36. The monoisotopic (exact) mass is 390 g/mol. The molecule has 0 bridgehead atoms. The van der Waals surface area contributed by atoms with E-state index < -0.39 is 41.8 Å². The maximum Gasteiger partial charge on any atom is 0.325 e. The minimum absolute atomic E-state index is 0.0377. The molecule has 3 rings (SSSR count). The van der Waals surface area contributed by atoms with Gasteiger partial charge in [0.2, 0.25) is 5.91 Å². The molecule has 3 N–H and O–H groups in total. The third-order valence-corrected chi connectivity index (χ3v) is 5.29. The smallest absolute Gasteiger partial charge is 0.325 e. The average Bonchev–Trinajstić information content (AvgIpc) is 3.24. The van der Waals surface area contributed by atoms with Crippen LogP contribution in [0.2, 0.25) is 0 Å². The van der Waals surface area contributed by atoms with Gasteiger partial charge in [-0.3, -0.25) is 19.8 Å². The zero-order valence-corrected chi connectivity index (χ0v) is 15.6. The largest absolute Gasteiger partial charge is 0.335 e. The lowest BCUT2D eigenvalue weighted by Gasteiger charge is -2.25. The molecule has 28 heavy (non-hydrogen) atoms. The summed E-state index contributed by atoms with van der Waals surface area (Å²) in [5.74, 6) is -1.83. The summed E-state index contributed by atoms with van der Waals surface area (Å²) >= 11 is 0. The van der Waals surface area contributed by atoms with Crippen molar-refractivity contribution in [2.75, 3.05) is 6.54 Å². The van der Waals surface area contributed by atoms with Crippen LogP contribution in [0.15, 0.2) is 24.3 Å². The van der Waals surface area contributed by atoms with Crippen LogP contribution in [0.25, 0.3) is 0 Å². The van der Waals surface area contributed by atoms with Crippen LogP contribution in [0.1, 0.15) is 44.6 Å². The van der Waals surface area contributed by atoms with Gasteiger partial charge in [-0.15, -0.1) is 0 Å². The zero-order valence-electron chi connectivity index (χ0n) is 15.6. The van der Waals surface area contributed by atoms with Crippen LogP contribution < -0.4 is 16.0 Å². The Hall–Kier alpha value is -2.97. The number of benzene rings is 1. The number of halogens is 1. The van der Waals surface area contributed by atoms with Crippen molar-refractivity contribution in [2.45, 2.75) is 50.6 Å². The highest BCUT2D eigenvalue weighted by molar-refractivity contribution is 6.10. The maximum atomic E-state index is 13.2. The Bertz CT molecular complexity index is 792. The highest BCUT2D eigenvalue weighted by Crippen LogP contribution is 2.32. The van der Waals surface area contributed by atoms with Crippen LogP contribution in [0.5, 0.6) is 0 Å². The molecule has 1 aromatic carbocycles. The molecule has 1 aliphatic carbocycles. The zero-order chi connectivity index (χ0) is 20.3. The van der Waals surface area contributed by atoms with Crippen molar-refractivity contribution in [1.29, 1.82) is 0 Å². The Kier molecular flexibility index (Phi) is 5.62. The van der Waals surface area contributed by atoms with Gasteiger partial charge in [-0.2, -0.15) is 0 Å². The van der Waals surface area contributed by atoms with E-state index in [1.807, 2.05) is 0 Å².